The lowest BCUT2D eigenvalue weighted by molar-refractivity contribution is 0.266. The van der Waals surface area contributed by atoms with Crippen LogP contribution in [0.1, 0.15) is 25.8 Å². The van der Waals surface area contributed by atoms with E-state index in [0.717, 1.165) is 28.6 Å². The number of nitrogens with zero attached hydrogens (tertiary/aromatic N) is 6. The van der Waals surface area contributed by atoms with Gasteiger partial charge in [0.2, 0.25) is 10.0 Å². The van der Waals surface area contributed by atoms with Crippen molar-refractivity contribution in [1.82, 2.24) is 29.1 Å². The maximum absolute atomic E-state index is 13.5. The zero-order chi connectivity index (χ0) is 29.0. The number of fused-ring (bicyclic) bond motifs is 1. The third-order valence-corrected chi connectivity index (χ3v) is 8.88. The summed E-state index contributed by atoms with van der Waals surface area (Å²) in [6, 6.07) is 10.7. The van der Waals surface area contributed by atoms with E-state index in [0.29, 0.717) is 42.5 Å². The number of sulfonamides is 1. The lowest BCUT2D eigenvalue weighted by atomic mass is 10.0. The SMILES string of the molecule is CCCN(c1cc(-c2cc(S(=O)(=O)N(C)CCN(C)C)ccc2C)nc(-c2ccnc3[nH]ccc23)n1)[C@H](C)CO. The predicted molar refractivity (Wildman–Crippen MR) is 160 cm³/mol. The Morgan fingerprint density at radius 3 is 2.48 bits per heavy atom. The van der Waals surface area contributed by atoms with Crippen LogP contribution < -0.4 is 4.90 Å². The number of aromatic nitrogens is 4. The molecule has 214 valence electrons. The van der Waals surface area contributed by atoms with Crippen LogP contribution in [0.5, 0.6) is 0 Å². The van der Waals surface area contributed by atoms with Crippen molar-refractivity contribution in [2.24, 2.45) is 0 Å². The Bertz CT molecular complexity index is 1570. The standard InChI is InChI=1S/C29H39N7O3S/c1-7-14-36(21(3)19-37)27-18-26(32-29(33-27)24-11-13-31-28-23(24)10-12-30-28)25-17-22(9-8-20(25)2)40(38,39)35(6)16-15-34(4)5/h8-13,17-18,21,37H,7,14-16,19H2,1-6H3,(H,30,31)/t21-/m1/s1. The smallest absolute Gasteiger partial charge is 0.242 e. The van der Waals surface area contributed by atoms with Gasteiger partial charge in [0.15, 0.2) is 5.82 Å². The highest BCUT2D eigenvalue weighted by atomic mass is 32.2. The summed E-state index contributed by atoms with van der Waals surface area (Å²) in [4.78, 5) is 21.7. The quantitative estimate of drug-likeness (QED) is 0.267. The van der Waals surface area contributed by atoms with Crippen molar-refractivity contribution in [3.8, 4) is 22.6 Å². The summed E-state index contributed by atoms with van der Waals surface area (Å²) in [5.74, 6) is 1.17. The van der Waals surface area contributed by atoms with Gasteiger partial charge in [-0.25, -0.2) is 23.4 Å². The fraction of sp³-hybridized carbons (Fsp3) is 0.414. The Balaban J connectivity index is 1.90. The number of H-pyrrole nitrogens is 1. The van der Waals surface area contributed by atoms with E-state index in [1.54, 1.807) is 25.4 Å². The number of aromatic amines is 1. The minimum atomic E-state index is -3.71. The van der Waals surface area contributed by atoms with Crippen molar-refractivity contribution < 1.29 is 13.5 Å². The minimum absolute atomic E-state index is 0.0297. The summed E-state index contributed by atoms with van der Waals surface area (Å²) in [5, 5.41) is 10.9. The van der Waals surface area contributed by atoms with Crippen LogP contribution in [0.15, 0.2) is 53.7 Å². The molecule has 0 aliphatic heterocycles. The fourth-order valence-corrected chi connectivity index (χ4v) is 5.76. The van der Waals surface area contributed by atoms with Crippen LogP contribution in [0, 0.1) is 6.92 Å². The van der Waals surface area contributed by atoms with Gasteiger partial charge in [-0.1, -0.05) is 13.0 Å². The van der Waals surface area contributed by atoms with Crippen molar-refractivity contribution in [2.45, 2.75) is 38.1 Å². The van der Waals surface area contributed by atoms with Crippen LogP contribution in [0.4, 0.5) is 5.82 Å². The highest BCUT2D eigenvalue weighted by Crippen LogP contribution is 2.33. The van der Waals surface area contributed by atoms with Crippen molar-refractivity contribution in [1.29, 1.82) is 0 Å². The van der Waals surface area contributed by atoms with Gasteiger partial charge in [0.25, 0.3) is 0 Å². The summed E-state index contributed by atoms with van der Waals surface area (Å²) in [6.45, 7) is 7.63. The topological polar surface area (TPSA) is 119 Å². The number of hydrogen-bond donors (Lipinski definition) is 2. The Morgan fingerprint density at radius 1 is 1.00 bits per heavy atom. The molecule has 0 saturated heterocycles. The molecule has 3 heterocycles. The summed E-state index contributed by atoms with van der Waals surface area (Å²) >= 11 is 0. The molecule has 4 aromatic rings. The average molecular weight is 566 g/mol. The number of anilines is 1. The molecule has 1 aromatic carbocycles. The summed E-state index contributed by atoms with van der Waals surface area (Å²) in [7, 11) is 1.72. The van der Waals surface area contributed by atoms with E-state index in [1.807, 2.05) is 63.3 Å². The fourth-order valence-electron chi connectivity index (χ4n) is 4.57. The van der Waals surface area contributed by atoms with Crippen molar-refractivity contribution in [3.05, 3.63) is 54.4 Å². The first-order valence-electron chi connectivity index (χ1n) is 13.5. The van der Waals surface area contributed by atoms with E-state index in [1.165, 1.54) is 4.31 Å². The molecule has 3 aromatic heterocycles. The molecular formula is C29H39N7O3S. The molecule has 11 heteroatoms. The highest BCUT2D eigenvalue weighted by molar-refractivity contribution is 7.89. The molecule has 10 nitrogen and oxygen atoms in total. The number of benzene rings is 1. The number of aryl methyl sites for hydroxylation is 1. The number of hydrogen-bond acceptors (Lipinski definition) is 8. The lowest BCUT2D eigenvalue weighted by Crippen LogP contribution is -2.37. The second kappa shape index (κ2) is 12.4. The molecule has 0 spiro atoms. The van der Waals surface area contributed by atoms with Gasteiger partial charge in [0, 0.05) is 61.7 Å². The first kappa shape index (κ1) is 29.6. The lowest BCUT2D eigenvalue weighted by Gasteiger charge is -2.29. The van der Waals surface area contributed by atoms with Gasteiger partial charge in [0.1, 0.15) is 11.5 Å². The van der Waals surface area contributed by atoms with E-state index < -0.39 is 10.0 Å². The number of pyridine rings is 1. The average Bonchev–Trinajstić information content (AvgIpc) is 3.43. The first-order chi connectivity index (χ1) is 19.1. The van der Waals surface area contributed by atoms with Crippen LogP contribution in [-0.2, 0) is 10.0 Å². The molecule has 0 aliphatic carbocycles. The third kappa shape index (κ3) is 6.17. The van der Waals surface area contributed by atoms with Crippen LogP contribution in [0.2, 0.25) is 0 Å². The molecule has 0 unspecified atom stereocenters. The molecule has 0 fully saturated rings. The monoisotopic (exact) mass is 565 g/mol. The van der Waals surface area contributed by atoms with E-state index in [4.69, 9.17) is 9.97 Å². The van der Waals surface area contributed by atoms with Gasteiger partial charge in [-0.15, -0.1) is 0 Å². The zero-order valence-corrected chi connectivity index (χ0v) is 24.9. The van der Waals surface area contributed by atoms with Crippen molar-refractivity contribution in [3.63, 3.8) is 0 Å². The van der Waals surface area contributed by atoms with Crippen LogP contribution >= 0.6 is 0 Å². The van der Waals surface area contributed by atoms with Crippen LogP contribution in [0.3, 0.4) is 0 Å². The number of nitrogens with one attached hydrogen (secondary N) is 1. The van der Waals surface area contributed by atoms with Crippen molar-refractivity contribution >= 4 is 26.9 Å². The number of rotatable bonds is 12. The Labute approximate surface area is 236 Å². The molecule has 0 aliphatic rings. The highest BCUT2D eigenvalue weighted by Gasteiger charge is 2.24. The normalized spacial score (nSPS) is 12.9. The van der Waals surface area contributed by atoms with Gasteiger partial charge in [-0.2, -0.15) is 4.31 Å². The Morgan fingerprint density at radius 2 is 1.77 bits per heavy atom. The molecule has 0 saturated carbocycles. The van der Waals surface area contributed by atoms with E-state index in [2.05, 4.69) is 21.8 Å². The molecule has 0 amide bonds. The molecule has 2 N–H and O–H groups in total. The Hall–Kier alpha value is -3.38. The van der Waals surface area contributed by atoms with E-state index >= 15 is 0 Å². The molecule has 0 radical (unpaired) electrons. The molecule has 40 heavy (non-hydrogen) atoms. The summed E-state index contributed by atoms with van der Waals surface area (Å²) in [5.41, 5.74) is 3.75. The molecular weight excluding hydrogens is 526 g/mol. The zero-order valence-electron chi connectivity index (χ0n) is 24.1. The minimum Gasteiger partial charge on any atom is -0.394 e. The van der Waals surface area contributed by atoms with Gasteiger partial charge >= 0.3 is 0 Å². The van der Waals surface area contributed by atoms with Crippen LogP contribution in [-0.4, -0.2) is 96.1 Å². The largest absolute Gasteiger partial charge is 0.394 e. The van der Waals surface area contributed by atoms with Gasteiger partial charge in [-0.05, 0) is 64.2 Å². The van der Waals surface area contributed by atoms with E-state index in [9.17, 15) is 13.5 Å². The maximum Gasteiger partial charge on any atom is 0.242 e. The third-order valence-electron chi connectivity index (χ3n) is 7.02. The number of likely N-dealkylation sites (N-methyl/N-ethyl adjacent to an activating group) is 2. The summed E-state index contributed by atoms with van der Waals surface area (Å²) in [6.07, 6.45) is 4.41. The molecule has 0 bridgehead atoms. The second-order valence-corrected chi connectivity index (χ2v) is 12.4. The summed E-state index contributed by atoms with van der Waals surface area (Å²) < 4.78 is 28.3. The van der Waals surface area contributed by atoms with Gasteiger partial charge in [0.05, 0.1) is 23.2 Å². The predicted octanol–water partition coefficient (Wildman–Crippen LogP) is 3.77. The number of aliphatic hydroxyl groups is 1. The molecule has 1 atom stereocenters. The van der Waals surface area contributed by atoms with Gasteiger partial charge in [-0.3, -0.25) is 0 Å². The second-order valence-electron chi connectivity index (χ2n) is 10.4. The maximum atomic E-state index is 13.5. The van der Waals surface area contributed by atoms with Gasteiger partial charge < -0.3 is 19.9 Å². The van der Waals surface area contributed by atoms with Crippen molar-refractivity contribution in [2.75, 3.05) is 52.3 Å². The molecule has 4 rings (SSSR count). The first-order valence-corrected chi connectivity index (χ1v) is 14.9. The van der Waals surface area contributed by atoms with Crippen LogP contribution in [0.25, 0.3) is 33.7 Å². The van der Waals surface area contributed by atoms with E-state index in [-0.39, 0.29) is 17.5 Å². The number of aliphatic hydroxyl groups excluding tert-OH is 1. The Kier molecular flexibility index (Phi) is 9.19.